The first-order chi connectivity index (χ1) is 12.8. The van der Waals surface area contributed by atoms with E-state index in [1.54, 1.807) is 18.7 Å². The Morgan fingerprint density at radius 3 is 2.63 bits per heavy atom. The molecule has 1 unspecified atom stereocenters. The number of nitrogens with zero attached hydrogens (tertiary/aromatic N) is 2. The van der Waals surface area contributed by atoms with Gasteiger partial charge in [0.1, 0.15) is 5.75 Å². The summed E-state index contributed by atoms with van der Waals surface area (Å²) in [6, 6.07) is 6.82. The van der Waals surface area contributed by atoms with Crippen molar-refractivity contribution in [1.82, 2.24) is 9.80 Å². The Morgan fingerprint density at radius 2 is 2.04 bits per heavy atom. The number of ketones is 1. The molecule has 1 heterocycles. The molecule has 6 nitrogen and oxygen atoms in total. The number of aliphatic hydroxyl groups excluding tert-OH is 1. The molecule has 1 amide bonds. The molecule has 6 heteroatoms. The monoisotopic (exact) mass is 374 g/mol. The summed E-state index contributed by atoms with van der Waals surface area (Å²) in [6.45, 7) is 7.21. The number of Topliss-reactive ketones (excluding diaryl/α,β-unsaturated/α-hetero) is 1. The van der Waals surface area contributed by atoms with Gasteiger partial charge in [-0.25, -0.2) is 0 Å². The zero-order chi connectivity index (χ0) is 20.1. The third kappa shape index (κ3) is 4.69. The molecule has 1 atom stereocenters. The first-order valence-electron chi connectivity index (χ1n) is 9.43. The molecular formula is C21H30N2O4. The lowest BCUT2D eigenvalue weighted by molar-refractivity contribution is -0.129. The molecule has 0 bridgehead atoms. The van der Waals surface area contributed by atoms with Crippen molar-refractivity contribution in [3.05, 3.63) is 41.2 Å². The molecule has 1 aromatic carbocycles. The van der Waals surface area contributed by atoms with Crippen molar-refractivity contribution in [3.63, 3.8) is 0 Å². The Morgan fingerprint density at radius 1 is 1.33 bits per heavy atom. The normalized spacial score (nSPS) is 17.4. The van der Waals surface area contributed by atoms with Gasteiger partial charge in [-0.05, 0) is 38.2 Å². The first-order valence-corrected chi connectivity index (χ1v) is 9.43. The number of likely N-dealkylation sites (N-methyl/N-ethyl adjacent to an activating group) is 1. The van der Waals surface area contributed by atoms with Crippen molar-refractivity contribution in [3.8, 4) is 5.75 Å². The van der Waals surface area contributed by atoms with Crippen LogP contribution in [0.15, 0.2) is 35.6 Å². The van der Waals surface area contributed by atoms with E-state index in [4.69, 9.17) is 4.74 Å². The van der Waals surface area contributed by atoms with Crippen LogP contribution in [0.5, 0.6) is 5.75 Å². The van der Waals surface area contributed by atoms with E-state index >= 15 is 0 Å². The lowest BCUT2D eigenvalue weighted by atomic mass is 9.91. The fourth-order valence-electron chi connectivity index (χ4n) is 3.10. The smallest absolute Gasteiger partial charge is 0.290 e. The second-order valence-electron chi connectivity index (χ2n) is 7.41. The van der Waals surface area contributed by atoms with E-state index in [1.165, 1.54) is 0 Å². The standard InChI is InChI=1S/C21H30N2O4/c1-6-12-27-16-9-7-8-15(13-16)18-17(19(24)14(2)3)20(25)21(26)23(18)11-10-22(4)5/h7-9,13-14,18,25H,6,10-12H2,1-5H3. The Kier molecular flexibility index (Phi) is 7.02. The molecule has 0 saturated heterocycles. The van der Waals surface area contributed by atoms with Crippen LogP contribution in [0, 0.1) is 5.92 Å². The third-order valence-electron chi connectivity index (χ3n) is 4.53. The second-order valence-corrected chi connectivity index (χ2v) is 7.41. The molecule has 1 N–H and O–H groups in total. The zero-order valence-corrected chi connectivity index (χ0v) is 16.9. The number of benzene rings is 1. The highest BCUT2D eigenvalue weighted by Crippen LogP contribution is 2.39. The second kappa shape index (κ2) is 9.04. The van der Waals surface area contributed by atoms with Gasteiger partial charge in [0.05, 0.1) is 18.2 Å². The molecule has 1 aromatic rings. The minimum absolute atomic E-state index is 0.182. The molecule has 0 fully saturated rings. The highest BCUT2D eigenvalue weighted by Gasteiger charge is 2.43. The van der Waals surface area contributed by atoms with Gasteiger partial charge in [-0.1, -0.05) is 32.9 Å². The minimum Gasteiger partial charge on any atom is -0.503 e. The Balaban J connectivity index is 2.46. The molecule has 148 valence electrons. The number of aliphatic hydroxyl groups is 1. The first kappa shape index (κ1) is 21.0. The van der Waals surface area contributed by atoms with Crippen molar-refractivity contribution in [2.45, 2.75) is 33.2 Å². The van der Waals surface area contributed by atoms with E-state index in [2.05, 4.69) is 0 Å². The van der Waals surface area contributed by atoms with E-state index in [0.717, 1.165) is 12.0 Å². The summed E-state index contributed by atoms with van der Waals surface area (Å²) in [4.78, 5) is 29.0. The van der Waals surface area contributed by atoms with Crippen LogP contribution in [-0.4, -0.2) is 60.4 Å². The van der Waals surface area contributed by atoms with Gasteiger partial charge in [0.15, 0.2) is 11.5 Å². The molecule has 0 saturated carbocycles. The van der Waals surface area contributed by atoms with Crippen LogP contribution < -0.4 is 4.74 Å². The molecule has 1 aliphatic rings. The third-order valence-corrected chi connectivity index (χ3v) is 4.53. The van der Waals surface area contributed by atoms with Gasteiger partial charge < -0.3 is 19.6 Å². The highest BCUT2D eigenvalue weighted by atomic mass is 16.5. The van der Waals surface area contributed by atoms with Gasteiger partial charge in [-0.3, -0.25) is 9.59 Å². The van der Waals surface area contributed by atoms with E-state index in [9.17, 15) is 14.7 Å². The Hall–Kier alpha value is -2.34. The maximum Gasteiger partial charge on any atom is 0.290 e. The molecule has 0 aromatic heterocycles. The molecule has 27 heavy (non-hydrogen) atoms. The van der Waals surface area contributed by atoms with Crippen molar-refractivity contribution in [2.75, 3.05) is 33.8 Å². The van der Waals surface area contributed by atoms with Crippen molar-refractivity contribution >= 4 is 11.7 Å². The summed E-state index contributed by atoms with van der Waals surface area (Å²) in [7, 11) is 3.84. The van der Waals surface area contributed by atoms with Crippen LogP contribution in [0.1, 0.15) is 38.8 Å². The maximum atomic E-state index is 12.8. The lowest BCUT2D eigenvalue weighted by Gasteiger charge is -2.28. The maximum absolute atomic E-state index is 12.8. The van der Waals surface area contributed by atoms with Gasteiger partial charge in [-0.15, -0.1) is 0 Å². The van der Waals surface area contributed by atoms with E-state index < -0.39 is 17.7 Å². The largest absolute Gasteiger partial charge is 0.503 e. The predicted octanol–water partition coefficient (Wildman–Crippen LogP) is 2.96. The molecule has 2 rings (SSSR count). The van der Waals surface area contributed by atoms with Crippen LogP contribution in [0.3, 0.4) is 0 Å². The average Bonchev–Trinajstić information content (AvgIpc) is 2.88. The highest BCUT2D eigenvalue weighted by molar-refractivity contribution is 6.09. The van der Waals surface area contributed by atoms with Crippen LogP contribution in [0.2, 0.25) is 0 Å². The predicted molar refractivity (Wildman–Crippen MR) is 105 cm³/mol. The number of carbonyl (C=O) groups excluding carboxylic acids is 2. The zero-order valence-electron chi connectivity index (χ0n) is 16.9. The Bertz CT molecular complexity index is 725. The van der Waals surface area contributed by atoms with E-state index in [0.29, 0.717) is 25.4 Å². The molecular weight excluding hydrogens is 344 g/mol. The summed E-state index contributed by atoms with van der Waals surface area (Å²) in [6.07, 6.45) is 0.888. The van der Waals surface area contributed by atoms with E-state index in [1.807, 2.05) is 50.2 Å². The molecule has 1 aliphatic heterocycles. The van der Waals surface area contributed by atoms with E-state index in [-0.39, 0.29) is 17.3 Å². The van der Waals surface area contributed by atoms with Gasteiger partial charge in [0, 0.05) is 19.0 Å². The summed E-state index contributed by atoms with van der Waals surface area (Å²) >= 11 is 0. The van der Waals surface area contributed by atoms with Crippen molar-refractivity contribution < 1.29 is 19.4 Å². The summed E-state index contributed by atoms with van der Waals surface area (Å²) < 4.78 is 5.71. The summed E-state index contributed by atoms with van der Waals surface area (Å²) in [5, 5.41) is 10.5. The molecule has 0 aliphatic carbocycles. The number of hydrogen-bond donors (Lipinski definition) is 1. The van der Waals surface area contributed by atoms with Gasteiger partial charge in [0.25, 0.3) is 5.91 Å². The number of ether oxygens (including phenoxy) is 1. The van der Waals surface area contributed by atoms with Gasteiger partial charge >= 0.3 is 0 Å². The summed E-state index contributed by atoms with van der Waals surface area (Å²) in [5.74, 6) is -0.760. The molecule has 0 radical (unpaired) electrons. The van der Waals surface area contributed by atoms with Crippen molar-refractivity contribution in [2.24, 2.45) is 5.92 Å². The van der Waals surface area contributed by atoms with Crippen LogP contribution >= 0.6 is 0 Å². The topological polar surface area (TPSA) is 70.1 Å². The number of amides is 1. The van der Waals surface area contributed by atoms with Gasteiger partial charge in [0.2, 0.25) is 0 Å². The van der Waals surface area contributed by atoms with Gasteiger partial charge in [-0.2, -0.15) is 0 Å². The van der Waals surface area contributed by atoms with Crippen LogP contribution in [-0.2, 0) is 9.59 Å². The van der Waals surface area contributed by atoms with Crippen LogP contribution in [0.25, 0.3) is 0 Å². The summed E-state index contributed by atoms with van der Waals surface area (Å²) in [5.41, 5.74) is 0.949. The van der Waals surface area contributed by atoms with Crippen molar-refractivity contribution in [1.29, 1.82) is 0 Å². The number of carbonyl (C=O) groups is 2. The fourth-order valence-corrected chi connectivity index (χ4v) is 3.10. The molecule has 0 spiro atoms. The SMILES string of the molecule is CCCOc1cccc(C2C(C(=O)C(C)C)=C(O)C(=O)N2CCN(C)C)c1. The average molecular weight is 374 g/mol. The van der Waals surface area contributed by atoms with Crippen LogP contribution in [0.4, 0.5) is 0 Å². The minimum atomic E-state index is -0.600. The Labute approximate surface area is 161 Å². The fraction of sp³-hybridized carbons (Fsp3) is 0.524. The quantitative estimate of drug-likeness (QED) is 0.720. The number of hydrogen-bond acceptors (Lipinski definition) is 5. The number of rotatable bonds is 9. The lowest BCUT2D eigenvalue weighted by Crippen LogP contribution is -2.36.